The van der Waals surface area contributed by atoms with Crippen LogP contribution in [0.5, 0.6) is 0 Å². The molecule has 1 aromatic carbocycles. The average molecular weight is 328 g/mol. The first-order valence-electron chi connectivity index (χ1n) is 8.21. The van der Waals surface area contributed by atoms with Crippen LogP contribution in [0.15, 0.2) is 35.7 Å². The highest BCUT2D eigenvalue weighted by molar-refractivity contribution is 7.13. The number of hydrogen-bond donors (Lipinski definition) is 0. The number of rotatable bonds is 5. The second kappa shape index (κ2) is 6.42. The number of amides is 1. The van der Waals surface area contributed by atoms with Gasteiger partial charge in [0.15, 0.2) is 0 Å². The Labute approximate surface area is 140 Å². The zero-order chi connectivity index (χ0) is 15.6. The van der Waals surface area contributed by atoms with Crippen molar-refractivity contribution in [3.8, 4) is 10.6 Å². The van der Waals surface area contributed by atoms with Crippen molar-refractivity contribution in [2.75, 3.05) is 19.8 Å². The van der Waals surface area contributed by atoms with Crippen molar-refractivity contribution in [2.24, 2.45) is 5.92 Å². The lowest BCUT2D eigenvalue weighted by atomic mass is 10.1. The van der Waals surface area contributed by atoms with Gasteiger partial charge in [0.1, 0.15) is 10.7 Å². The van der Waals surface area contributed by atoms with Gasteiger partial charge < -0.3 is 9.64 Å². The van der Waals surface area contributed by atoms with E-state index < -0.39 is 0 Å². The summed E-state index contributed by atoms with van der Waals surface area (Å²) in [4.78, 5) is 19.5. The maximum Gasteiger partial charge on any atom is 0.273 e. The van der Waals surface area contributed by atoms with E-state index in [2.05, 4.69) is 4.98 Å². The van der Waals surface area contributed by atoms with E-state index in [4.69, 9.17) is 4.74 Å². The van der Waals surface area contributed by atoms with Crippen LogP contribution in [0.25, 0.3) is 10.6 Å². The van der Waals surface area contributed by atoms with E-state index in [1.165, 1.54) is 11.3 Å². The van der Waals surface area contributed by atoms with Gasteiger partial charge in [-0.15, -0.1) is 11.3 Å². The number of aromatic nitrogens is 1. The van der Waals surface area contributed by atoms with Gasteiger partial charge in [-0.3, -0.25) is 4.79 Å². The third kappa shape index (κ3) is 3.31. The zero-order valence-electron chi connectivity index (χ0n) is 13.0. The summed E-state index contributed by atoms with van der Waals surface area (Å²) < 4.78 is 5.45. The van der Waals surface area contributed by atoms with Crippen molar-refractivity contribution in [3.05, 3.63) is 41.4 Å². The van der Waals surface area contributed by atoms with Gasteiger partial charge in [0.05, 0.1) is 6.61 Å². The Morgan fingerprint density at radius 3 is 2.78 bits per heavy atom. The van der Waals surface area contributed by atoms with E-state index in [9.17, 15) is 4.79 Å². The van der Waals surface area contributed by atoms with Crippen molar-refractivity contribution in [2.45, 2.75) is 25.3 Å². The molecular formula is C18H20N2O2S. The largest absolute Gasteiger partial charge is 0.381 e. The van der Waals surface area contributed by atoms with Crippen LogP contribution in [0.3, 0.4) is 0 Å². The SMILES string of the molecule is O=C(c1csc(-c2ccccc2)n1)N(CC1CCOC1)C1CC1. The van der Waals surface area contributed by atoms with Crippen LogP contribution in [0.2, 0.25) is 0 Å². The normalized spacial score (nSPS) is 20.6. The van der Waals surface area contributed by atoms with Gasteiger partial charge in [-0.05, 0) is 19.3 Å². The van der Waals surface area contributed by atoms with E-state index >= 15 is 0 Å². The molecule has 0 N–H and O–H groups in total. The highest BCUT2D eigenvalue weighted by Gasteiger charge is 2.36. The van der Waals surface area contributed by atoms with Crippen LogP contribution in [-0.2, 0) is 4.74 Å². The maximum absolute atomic E-state index is 12.9. The summed E-state index contributed by atoms with van der Waals surface area (Å²) in [5.74, 6) is 0.560. The fourth-order valence-electron chi connectivity index (χ4n) is 3.02. The molecule has 120 valence electrons. The molecule has 1 unspecified atom stereocenters. The molecule has 2 fully saturated rings. The summed E-state index contributed by atoms with van der Waals surface area (Å²) in [7, 11) is 0. The first-order chi connectivity index (χ1) is 11.3. The molecule has 1 aliphatic carbocycles. The average Bonchev–Trinajstić information content (AvgIpc) is 3.10. The van der Waals surface area contributed by atoms with E-state index in [0.717, 1.165) is 49.6 Å². The lowest BCUT2D eigenvalue weighted by Gasteiger charge is -2.24. The quantitative estimate of drug-likeness (QED) is 0.844. The van der Waals surface area contributed by atoms with Gasteiger partial charge in [0, 0.05) is 36.1 Å². The van der Waals surface area contributed by atoms with Crippen LogP contribution < -0.4 is 0 Å². The van der Waals surface area contributed by atoms with Crippen LogP contribution in [0.1, 0.15) is 29.8 Å². The van der Waals surface area contributed by atoms with E-state index in [-0.39, 0.29) is 5.91 Å². The van der Waals surface area contributed by atoms with Crippen molar-refractivity contribution in [1.82, 2.24) is 9.88 Å². The lowest BCUT2D eigenvalue weighted by molar-refractivity contribution is 0.0701. The minimum absolute atomic E-state index is 0.0813. The summed E-state index contributed by atoms with van der Waals surface area (Å²) in [5.41, 5.74) is 1.65. The molecule has 1 saturated heterocycles. The molecular weight excluding hydrogens is 308 g/mol. The molecule has 1 saturated carbocycles. The van der Waals surface area contributed by atoms with Gasteiger partial charge in [0.2, 0.25) is 0 Å². The van der Waals surface area contributed by atoms with E-state index in [1.807, 2.05) is 40.6 Å². The molecule has 0 bridgehead atoms. The molecule has 2 aliphatic rings. The van der Waals surface area contributed by atoms with Gasteiger partial charge in [-0.25, -0.2) is 4.98 Å². The summed E-state index contributed by atoms with van der Waals surface area (Å²) >= 11 is 1.54. The molecule has 1 aliphatic heterocycles. The molecule has 4 rings (SSSR count). The summed E-state index contributed by atoms with van der Waals surface area (Å²) in [5, 5.41) is 2.81. The summed E-state index contributed by atoms with van der Waals surface area (Å²) in [6, 6.07) is 10.4. The summed E-state index contributed by atoms with van der Waals surface area (Å²) in [6.07, 6.45) is 3.30. The number of benzene rings is 1. The van der Waals surface area contributed by atoms with Gasteiger partial charge in [-0.1, -0.05) is 30.3 Å². The first kappa shape index (κ1) is 14.8. The standard InChI is InChI=1S/C18H20N2O2S/c21-18(20(15-6-7-15)10-13-8-9-22-11-13)16-12-23-17(19-16)14-4-2-1-3-5-14/h1-5,12-13,15H,6-11H2. The number of thiazole rings is 1. The first-order valence-corrected chi connectivity index (χ1v) is 9.09. The van der Waals surface area contributed by atoms with Crippen LogP contribution >= 0.6 is 11.3 Å². The van der Waals surface area contributed by atoms with Crippen molar-refractivity contribution < 1.29 is 9.53 Å². The predicted molar refractivity (Wildman–Crippen MR) is 90.5 cm³/mol. The zero-order valence-corrected chi connectivity index (χ0v) is 13.8. The van der Waals surface area contributed by atoms with Gasteiger partial charge in [0.25, 0.3) is 5.91 Å². The van der Waals surface area contributed by atoms with Crippen LogP contribution in [0.4, 0.5) is 0 Å². The molecule has 23 heavy (non-hydrogen) atoms. The smallest absolute Gasteiger partial charge is 0.273 e. The minimum atomic E-state index is 0.0813. The third-order valence-corrected chi connectivity index (χ3v) is 5.36. The number of carbonyl (C=O) groups is 1. The Morgan fingerprint density at radius 1 is 1.26 bits per heavy atom. The van der Waals surface area contributed by atoms with Crippen LogP contribution in [0, 0.1) is 5.92 Å². The fourth-order valence-corrected chi connectivity index (χ4v) is 3.82. The molecule has 2 heterocycles. The van der Waals surface area contributed by atoms with Crippen molar-refractivity contribution in [3.63, 3.8) is 0 Å². The third-order valence-electron chi connectivity index (χ3n) is 4.47. The molecule has 1 aromatic heterocycles. The molecule has 5 heteroatoms. The number of hydrogen-bond acceptors (Lipinski definition) is 4. The maximum atomic E-state index is 12.9. The van der Waals surface area contributed by atoms with Gasteiger partial charge in [-0.2, -0.15) is 0 Å². The Morgan fingerprint density at radius 2 is 2.09 bits per heavy atom. The Balaban J connectivity index is 1.51. The topological polar surface area (TPSA) is 42.4 Å². The van der Waals surface area contributed by atoms with E-state index in [1.54, 1.807) is 0 Å². The van der Waals surface area contributed by atoms with E-state index in [0.29, 0.717) is 17.7 Å². The number of ether oxygens (including phenoxy) is 1. The van der Waals surface area contributed by atoms with Crippen molar-refractivity contribution >= 4 is 17.2 Å². The lowest BCUT2D eigenvalue weighted by Crippen LogP contribution is -2.37. The molecule has 1 atom stereocenters. The second-order valence-corrected chi connectivity index (χ2v) is 7.18. The van der Waals surface area contributed by atoms with Gasteiger partial charge >= 0.3 is 0 Å². The second-order valence-electron chi connectivity index (χ2n) is 6.32. The molecule has 4 nitrogen and oxygen atoms in total. The number of carbonyl (C=O) groups excluding carboxylic acids is 1. The predicted octanol–water partition coefficient (Wildman–Crippen LogP) is 3.45. The molecule has 1 amide bonds. The minimum Gasteiger partial charge on any atom is -0.381 e. The highest BCUT2D eigenvalue weighted by Crippen LogP contribution is 2.31. The van der Waals surface area contributed by atoms with Crippen molar-refractivity contribution in [1.29, 1.82) is 0 Å². The molecule has 0 spiro atoms. The molecule has 0 radical (unpaired) electrons. The Hall–Kier alpha value is -1.72. The Kier molecular flexibility index (Phi) is 4.14. The summed E-state index contributed by atoms with van der Waals surface area (Å²) in [6.45, 7) is 2.41. The monoisotopic (exact) mass is 328 g/mol. The van der Waals surface area contributed by atoms with Crippen LogP contribution in [-0.4, -0.2) is 41.6 Å². The Bertz CT molecular complexity index is 675. The number of nitrogens with zero attached hydrogens (tertiary/aromatic N) is 2. The fraction of sp³-hybridized carbons (Fsp3) is 0.444. The highest BCUT2D eigenvalue weighted by atomic mass is 32.1. The molecule has 2 aromatic rings.